The molecule has 0 saturated carbocycles. The molecule has 0 spiro atoms. The molecule has 126 valence electrons. The lowest BCUT2D eigenvalue weighted by molar-refractivity contribution is -0.142. The molecule has 1 aliphatic rings. The monoisotopic (exact) mass is 326 g/mol. The molecule has 5 nitrogen and oxygen atoms in total. The number of rotatable bonds is 6. The SMILES string of the molecule is CCOC(=O)CCNC1=NCC(c2c(F)cc(OC)cc2F)C1. The van der Waals surface area contributed by atoms with E-state index in [1.165, 1.54) is 19.2 Å². The maximum Gasteiger partial charge on any atom is 0.307 e. The van der Waals surface area contributed by atoms with Crippen LogP contribution in [0.1, 0.15) is 31.2 Å². The molecule has 1 unspecified atom stereocenters. The van der Waals surface area contributed by atoms with Crippen molar-refractivity contribution in [1.29, 1.82) is 0 Å². The Balaban J connectivity index is 1.91. The highest BCUT2D eigenvalue weighted by Gasteiger charge is 2.26. The van der Waals surface area contributed by atoms with Gasteiger partial charge in [0.1, 0.15) is 17.4 Å². The summed E-state index contributed by atoms with van der Waals surface area (Å²) in [6.45, 7) is 2.78. The second-order valence-electron chi connectivity index (χ2n) is 5.17. The van der Waals surface area contributed by atoms with Crippen molar-refractivity contribution in [2.75, 3.05) is 26.8 Å². The summed E-state index contributed by atoms with van der Waals surface area (Å²) in [5, 5.41) is 3.01. The average Bonchev–Trinajstić information content (AvgIpc) is 2.95. The topological polar surface area (TPSA) is 59.9 Å². The van der Waals surface area contributed by atoms with E-state index in [1.807, 2.05) is 0 Å². The van der Waals surface area contributed by atoms with Crippen molar-refractivity contribution in [1.82, 2.24) is 5.32 Å². The van der Waals surface area contributed by atoms with Gasteiger partial charge in [-0.05, 0) is 6.92 Å². The molecular weight excluding hydrogens is 306 g/mol. The maximum atomic E-state index is 14.1. The van der Waals surface area contributed by atoms with Crippen LogP contribution in [0.3, 0.4) is 0 Å². The van der Waals surface area contributed by atoms with Crippen molar-refractivity contribution in [3.8, 4) is 5.75 Å². The second-order valence-corrected chi connectivity index (χ2v) is 5.17. The Labute approximate surface area is 133 Å². The summed E-state index contributed by atoms with van der Waals surface area (Å²) < 4.78 is 37.8. The lowest BCUT2D eigenvalue weighted by Gasteiger charge is -2.13. The Morgan fingerprint density at radius 1 is 1.39 bits per heavy atom. The minimum atomic E-state index is -0.630. The molecule has 1 aromatic carbocycles. The maximum absolute atomic E-state index is 14.1. The van der Waals surface area contributed by atoms with Gasteiger partial charge in [-0.3, -0.25) is 9.79 Å². The number of aliphatic imine (C=N–C) groups is 1. The van der Waals surface area contributed by atoms with E-state index in [0.29, 0.717) is 32.0 Å². The number of esters is 1. The molecule has 0 radical (unpaired) electrons. The molecule has 1 aliphatic heterocycles. The van der Waals surface area contributed by atoms with E-state index in [9.17, 15) is 13.6 Å². The molecule has 1 heterocycles. The van der Waals surface area contributed by atoms with Gasteiger partial charge in [-0.2, -0.15) is 0 Å². The van der Waals surface area contributed by atoms with E-state index < -0.39 is 11.6 Å². The normalized spacial score (nSPS) is 16.9. The zero-order valence-corrected chi connectivity index (χ0v) is 13.2. The largest absolute Gasteiger partial charge is 0.497 e. The third kappa shape index (κ3) is 4.40. The fourth-order valence-electron chi connectivity index (χ4n) is 2.52. The van der Waals surface area contributed by atoms with Gasteiger partial charge in [-0.1, -0.05) is 0 Å². The standard InChI is InChI=1S/C16H20F2N2O3/c1-3-23-15(21)4-5-19-14-6-10(9-20-14)16-12(17)7-11(22-2)8-13(16)18/h7-8,10H,3-6,9H2,1-2H3,(H,19,20). The molecular formula is C16H20F2N2O3. The lowest BCUT2D eigenvalue weighted by Crippen LogP contribution is -2.25. The molecule has 7 heteroatoms. The number of nitrogens with one attached hydrogen (secondary N) is 1. The number of carbonyl (C=O) groups excluding carboxylic acids is 1. The van der Waals surface area contributed by atoms with Crippen molar-refractivity contribution in [3.05, 3.63) is 29.3 Å². The van der Waals surface area contributed by atoms with Gasteiger partial charge in [0.2, 0.25) is 0 Å². The van der Waals surface area contributed by atoms with Crippen molar-refractivity contribution in [2.24, 2.45) is 4.99 Å². The van der Waals surface area contributed by atoms with Crippen LogP contribution < -0.4 is 10.1 Å². The summed E-state index contributed by atoms with van der Waals surface area (Å²) in [6.07, 6.45) is 0.631. The number of benzene rings is 1. The molecule has 1 N–H and O–H groups in total. The van der Waals surface area contributed by atoms with Crippen LogP contribution >= 0.6 is 0 Å². The minimum Gasteiger partial charge on any atom is -0.497 e. The molecule has 23 heavy (non-hydrogen) atoms. The fourth-order valence-corrected chi connectivity index (χ4v) is 2.52. The van der Waals surface area contributed by atoms with E-state index in [-0.39, 0.29) is 29.6 Å². The summed E-state index contributed by atoms with van der Waals surface area (Å²) >= 11 is 0. The van der Waals surface area contributed by atoms with Gasteiger partial charge in [0.25, 0.3) is 0 Å². The molecule has 0 aliphatic carbocycles. The first-order valence-corrected chi connectivity index (χ1v) is 7.50. The van der Waals surface area contributed by atoms with Crippen molar-refractivity contribution < 1.29 is 23.0 Å². The Bertz CT molecular complexity index is 582. The predicted octanol–water partition coefficient (Wildman–Crippen LogP) is 2.40. The number of hydrogen-bond acceptors (Lipinski definition) is 5. The summed E-state index contributed by atoms with van der Waals surface area (Å²) in [6, 6.07) is 2.34. The first-order valence-electron chi connectivity index (χ1n) is 7.50. The Morgan fingerprint density at radius 2 is 2.09 bits per heavy atom. The number of halogens is 2. The zero-order valence-electron chi connectivity index (χ0n) is 13.2. The van der Waals surface area contributed by atoms with E-state index in [1.54, 1.807) is 6.92 Å². The van der Waals surface area contributed by atoms with Crippen molar-refractivity contribution in [3.63, 3.8) is 0 Å². The van der Waals surface area contributed by atoms with Crippen LogP contribution in [0.25, 0.3) is 0 Å². The first kappa shape index (κ1) is 17.2. The molecule has 1 aromatic rings. The number of methoxy groups -OCH3 is 1. The number of hydrogen-bond donors (Lipinski definition) is 1. The van der Waals surface area contributed by atoms with Gasteiger partial charge in [0, 0.05) is 43.1 Å². The Morgan fingerprint density at radius 3 is 2.70 bits per heavy atom. The van der Waals surface area contributed by atoms with Gasteiger partial charge in [-0.15, -0.1) is 0 Å². The highest BCUT2D eigenvalue weighted by atomic mass is 19.1. The van der Waals surface area contributed by atoms with Crippen LogP contribution in [-0.4, -0.2) is 38.6 Å². The molecule has 0 bridgehead atoms. The summed E-state index contributed by atoms with van der Waals surface area (Å²) in [7, 11) is 1.36. The third-order valence-electron chi connectivity index (χ3n) is 3.60. The number of ether oxygens (including phenoxy) is 2. The molecule has 0 aromatic heterocycles. The van der Waals surface area contributed by atoms with Gasteiger partial charge < -0.3 is 14.8 Å². The van der Waals surface area contributed by atoms with Crippen LogP contribution in [-0.2, 0) is 9.53 Å². The van der Waals surface area contributed by atoms with Gasteiger partial charge in [-0.25, -0.2) is 8.78 Å². The van der Waals surface area contributed by atoms with Crippen molar-refractivity contribution >= 4 is 11.8 Å². The average molecular weight is 326 g/mol. The second kappa shape index (κ2) is 7.89. The Hall–Kier alpha value is -2.18. The number of nitrogens with zero attached hydrogens (tertiary/aromatic N) is 1. The van der Waals surface area contributed by atoms with Gasteiger partial charge >= 0.3 is 5.97 Å². The summed E-state index contributed by atoms with van der Waals surface area (Å²) in [4.78, 5) is 15.5. The highest BCUT2D eigenvalue weighted by molar-refractivity contribution is 5.85. The van der Waals surface area contributed by atoms with Crippen LogP contribution in [0, 0.1) is 11.6 Å². The molecule has 0 amide bonds. The predicted molar refractivity (Wildman–Crippen MR) is 81.8 cm³/mol. The third-order valence-corrected chi connectivity index (χ3v) is 3.60. The molecule has 0 fully saturated rings. The fraction of sp³-hybridized carbons (Fsp3) is 0.500. The van der Waals surface area contributed by atoms with Gasteiger partial charge in [0.15, 0.2) is 0 Å². The van der Waals surface area contributed by atoms with E-state index in [0.717, 1.165) is 0 Å². The van der Waals surface area contributed by atoms with E-state index in [2.05, 4.69) is 10.3 Å². The highest BCUT2D eigenvalue weighted by Crippen LogP contribution is 2.31. The molecule has 0 saturated heterocycles. The lowest BCUT2D eigenvalue weighted by atomic mass is 9.96. The summed E-state index contributed by atoms with van der Waals surface area (Å²) in [5.41, 5.74) is 0.0248. The van der Waals surface area contributed by atoms with Crippen LogP contribution in [0.15, 0.2) is 17.1 Å². The zero-order chi connectivity index (χ0) is 16.8. The van der Waals surface area contributed by atoms with E-state index >= 15 is 0 Å². The molecule has 1 atom stereocenters. The minimum absolute atomic E-state index is 0.0248. The van der Waals surface area contributed by atoms with Crippen LogP contribution in [0.4, 0.5) is 8.78 Å². The van der Waals surface area contributed by atoms with Crippen LogP contribution in [0.5, 0.6) is 5.75 Å². The Kier molecular flexibility index (Phi) is 5.90. The van der Waals surface area contributed by atoms with Crippen LogP contribution in [0.2, 0.25) is 0 Å². The molecule has 2 rings (SSSR count). The number of amidine groups is 1. The quantitative estimate of drug-likeness (QED) is 0.816. The number of carbonyl (C=O) groups is 1. The van der Waals surface area contributed by atoms with Crippen molar-refractivity contribution in [2.45, 2.75) is 25.7 Å². The van der Waals surface area contributed by atoms with Gasteiger partial charge in [0.05, 0.1) is 26.0 Å². The first-order chi connectivity index (χ1) is 11.0. The smallest absolute Gasteiger partial charge is 0.307 e. The van der Waals surface area contributed by atoms with E-state index in [4.69, 9.17) is 9.47 Å². The summed E-state index contributed by atoms with van der Waals surface area (Å²) in [5.74, 6) is -1.11.